The first-order valence-electron chi connectivity index (χ1n) is 6.62. The Morgan fingerprint density at radius 2 is 1.86 bits per heavy atom. The lowest BCUT2D eigenvalue weighted by molar-refractivity contribution is -0.117. The van der Waals surface area contributed by atoms with Crippen molar-refractivity contribution in [2.45, 2.75) is 19.4 Å². The summed E-state index contributed by atoms with van der Waals surface area (Å²) in [4.78, 5) is 11.6. The molecule has 1 N–H and O–H groups in total. The normalized spacial score (nSPS) is 14.2. The van der Waals surface area contributed by atoms with Gasteiger partial charge in [0.1, 0.15) is 0 Å². The van der Waals surface area contributed by atoms with Gasteiger partial charge in [-0.1, -0.05) is 0 Å². The molecule has 4 nitrogen and oxygen atoms in total. The lowest BCUT2D eigenvalue weighted by Gasteiger charge is -2.07. The average Bonchev–Trinajstić information content (AvgIpc) is 3.24. The van der Waals surface area contributed by atoms with E-state index in [0.29, 0.717) is 0 Å². The van der Waals surface area contributed by atoms with Crippen LogP contribution in [0.1, 0.15) is 18.4 Å². The van der Waals surface area contributed by atoms with Crippen LogP contribution in [0.3, 0.4) is 0 Å². The zero-order valence-electron chi connectivity index (χ0n) is 11.2. The van der Waals surface area contributed by atoms with Crippen LogP contribution in [0, 0.1) is 29.2 Å². The first kappa shape index (κ1) is 14.6. The minimum atomic E-state index is -1.47. The number of carbonyl (C=O) groups is 1. The minimum Gasteiger partial charge on any atom is -0.309 e. The van der Waals surface area contributed by atoms with Crippen LogP contribution in [0.15, 0.2) is 18.3 Å². The summed E-state index contributed by atoms with van der Waals surface area (Å²) >= 11 is 0. The van der Waals surface area contributed by atoms with E-state index in [0.717, 1.165) is 17.5 Å². The van der Waals surface area contributed by atoms with Crippen molar-refractivity contribution in [3.8, 4) is 0 Å². The van der Waals surface area contributed by atoms with Gasteiger partial charge in [0, 0.05) is 24.2 Å². The van der Waals surface area contributed by atoms with E-state index in [-0.39, 0.29) is 23.7 Å². The molecule has 0 saturated heterocycles. The molecule has 2 aromatic rings. The minimum absolute atomic E-state index is 0.0163. The van der Waals surface area contributed by atoms with Crippen molar-refractivity contribution in [1.82, 2.24) is 9.78 Å². The highest BCUT2D eigenvalue weighted by Crippen LogP contribution is 2.30. The van der Waals surface area contributed by atoms with Crippen molar-refractivity contribution in [3.63, 3.8) is 0 Å². The molecule has 3 rings (SSSR count). The molecule has 1 amide bonds. The van der Waals surface area contributed by atoms with Gasteiger partial charge in [-0.3, -0.25) is 9.48 Å². The van der Waals surface area contributed by atoms with Gasteiger partial charge >= 0.3 is 0 Å². The van der Waals surface area contributed by atoms with Gasteiger partial charge in [-0.15, -0.1) is 0 Å². The first-order valence-corrected chi connectivity index (χ1v) is 6.62. The number of aromatic nitrogens is 2. The zero-order valence-corrected chi connectivity index (χ0v) is 11.2. The fourth-order valence-electron chi connectivity index (χ4n) is 2.01. The van der Waals surface area contributed by atoms with E-state index in [9.17, 15) is 22.4 Å². The highest BCUT2D eigenvalue weighted by Gasteiger charge is 2.30. The molecular formula is C14H11F4N3O. The van der Waals surface area contributed by atoms with Crippen LogP contribution in [-0.2, 0) is 11.3 Å². The summed E-state index contributed by atoms with van der Waals surface area (Å²) in [5.74, 6) is -5.83. The summed E-state index contributed by atoms with van der Waals surface area (Å²) in [6, 6.07) is 1.59. The summed E-state index contributed by atoms with van der Waals surface area (Å²) in [5, 5.41) is 6.46. The summed E-state index contributed by atoms with van der Waals surface area (Å²) in [6.07, 6.45) is 3.00. The third kappa shape index (κ3) is 2.81. The molecule has 1 aliphatic carbocycles. The number of halogens is 4. The SMILES string of the molecule is O=C(Nc1ccn(Cc2c(F)c(F)cc(F)c2F)n1)C1CC1. The second-order valence-electron chi connectivity index (χ2n) is 5.11. The van der Waals surface area contributed by atoms with E-state index in [1.807, 2.05) is 0 Å². The molecule has 1 aromatic carbocycles. The summed E-state index contributed by atoms with van der Waals surface area (Å²) in [6.45, 7) is -0.494. The molecule has 1 saturated carbocycles. The predicted molar refractivity (Wildman–Crippen MR) is 69.0 cm³/mol. The number of rotatable bonds is 4. The quantitative estimate of drug-likeness (QED) is 0.697. The number of benzene rings is 1. The number of nitrogens with one attached hydrogen (secondary N) is 1. The Kier molecular flexibility index (Phi) is 3.59. The van der Waals surface area contributed by atoms with E-state index < -0.39 is 35.4 Å². The van der Waals surface area contributed by atoms with Crippen LogP contribution >= 0.6 is 0 Å². The number of carbonyl (C=O) groups excluding carboxylic acids is 1. The van der Waals surface area contributed by atoms with Gasteiger partial charge in [-0.2, -0.15) is 5.10 Å². The van der Waals surface area contributed by atoms with Gasteiger partial charge < -0.3 is 5.32 Å². The molecule has 1 aliphatic rings. The smallest absolute Gasteiger partial charge is 0.228 e. The van der Waals surface area contributed by atoms with Gasteiger partial charge in [0.2, 0.25) is 5.91 Å². The van der Waals surface area contributed by atoms with E-state index in [1.165, 1.54) is 12.3 Å². The molecule has 0 bridgehead atoms. The van der Waals surface area contributed by atoms with Gasteiger partial charge in [-0.05, 0) is 12.8 Å². The van der Waals surface area contributed by atoms with Crippen LogP contribution in [0.5, 0.6) is 0 Å². The fourth-order valence-corrected chi connectivity index (χ4v) is 2.01. The molecule has 1 heterocycles. The highest BCUT2D eigenvalue weighted by molar-refractivity contribution is 5.93. The Balaban J connectivity index is 1.79. The van der Waals surface area contributed by atoms with Crippen molar-refractivity contribution in [2.24, 2.45) is 5.92 Å². The van der Waals surface area contributed by atoms with Crippen LogP contribution in [0.2, 0.25) is 0 Å². The maximum Gasteiger partial charge on any atom is 0.228 e. The molecule has 1 fully saturated rings. The van der Waals surface area contributed by atoms with Crippen molar-refractivity contribution < 1.29 is 22.4 Å². The second-order valence-corrected chi connectivity index (χ2v) is 5.11. The number of amides is 1. The first-order chi connectivity index (χ1) is 10.5. The fraction of sp³-hybridized carbons (Fsp3) is 0.286. The third-order valence-corrected chi connectivity index (χ3v) is 3.36. The van der Waals surface area contributed by atoms with Gasteiger partial charge in [0.15, 0.2) is 29.1 Å². The number of hydrogen-bond donors (Lipinski definition) is 1. The van der Waals surface area contributed by atoms with E-state index in [4.69, 9.17) is 0 Å². The number of hydrogen-bond acceptors (Lipinski definition) is 2. The Labute approximate surface area is 122 Å². The second kappa shape index (κ2) is 5.43. The Hall–Kier alpha value is -2.38. The van der Waals surface area contributed by atoms with Crippen molar-refractivity contribution in [1.29, 1.82) is 0 Å². The summed E-state index contributed by atoms with van der Waals surface area (Å²) in [5.41, 5.74) is -0.763. The monoisotopic (exact) mass is 313 g/mol. The highest BCUT2D eigenvalue weighted by atomic mass is 19.2. The Bertz CT molecular complexity index is 714. The van der Waals surface area contributed by atoms with E-state index in [2.05, 4.69) is 10.4 Å². The van der Waals surface area contributed by atoms with Crippen LogP contribution in [0.4, 0.5) is 23.4 Å². The lowest BCUT2D eigenvalue weighted by Crippen LogP contribution is -2.14. The van der Waals surface area contributed by atoms with Crippen molar-refractivity contribution >= 4 is 11.7 Å². The lowest BCUT2D eigenvalue weighted by atomic mass is 10.2. The van der Waals surface area contributed by atoms with Crippen molar-refractivity contribution in [2.75, 3.05) is 5.32 Å². The molecule has 0 aliphatic heterocycles. The predicted octanol–water partition coefficient (Wildman–Crippen LogP) is 2.84. The summed E-state index contributed by atoms with van der Waals surface area (Å²) < 4.78 is 54.5. The number of anilines is 1. The van der Waals surface area contributed by atoms with E-state index in [1.54, 1.807) is 0 Å². The maximum atomic E-state index is 13.6. The maximum absolute atomic E-state index is 13.6. The van der Waals surface area contributed by atoms with Gasteiger partial charge in [-0.25, -0.2) is 17.6 Å². The van der Waals surface area contributed by atoms with Crippen LogP contribution in [-0.4, -0.2) is 15.7 Å². The van der Waals surface area contributed by atoms with Gasteiger partial charge in [0.05, 0.1) is 12.1 Å². The molecule has 116 valence electrons. The molecular weight excluding hydrogens is 302 g/mol. The molecule has 8 heteroatoms. The third-order valence-electron chi connectivity index (χ3n) is 3.36. The van der Waals surface area contributed by atoms with Crippen molar-refractivity contribution in [3.05, 3.63) is 47.2 Å². The zero-order chi connectivity index (χ0) is 15.9. The molecule has 22 heavy (non-hydrogen) atoms. The standard InChI is InChI=1S/C14H11F4N3O/c15-9-5-10(16)13(18)8(12(9)17)6-21-4-3-11(20-21)19-14(22)7-1-2-7/h3-5,7H,1-2,6H2,(H,19,20,22). The largest absolute Gasteiger partial charge is 0.309 e. The molecule has 0 atom stereocenters. The number of nitrogens with zero attached hydrogens (tertiary/aromatic N) is 2. The van der Waals surface area contributed by atoms with E-state index >= 15 is 0 Å². The van der Waals surface area contributed by atoms with Crippen LogP contribution in [0.25, 0.3) is 0 Å². The molecule has 0 spiro atoms. The molecule has 0 radical (unpaired) electrons. The Morgan fingerprint density at radius 3 is 2.45 bits per heavy atom. The summed E-state index contributed by atoms with van der Waals surface area (Å²) in [7, 11) is 0. The van der Waals surface area contributed by atoms with Gasteiger partial charge in [0.25, 0.3) is 0 Å². The average molecular weight is 313 g/mol. The Morgan fingerprint density at radius 1 is 1.23 bits per heavy atom. The molecule has 1 aromatic heterocycles. The molecule has 0 unspecified atom stereocenters. The van der Waals surface area contributed by atoms with Crippen LogP contribution < -0.4 is 5.32 Å². The topological polar surface area (TPSA) is 46.9 Å².